The Morgan fingerprint density at radius 2 is 1.89 bits per heavy atom. The zero-order valence-electron chi connectivity index (χ0n) is 12.1. The molecule has 1 aromatic carbocycles. The average molecular weight is 247 g/mol. The molecule has 0 aliphatic rings. The smallest absolute Gasteiger partial charge is 0.150 e. The van der Waals surface area contributed by atoms with Crippen LogP contribution >= 0.6 is 0 Å². The summed E-state index contributed by atoms with van der Waals surface area (Å²) in [7, 11) is 0. The van der Waals surface area contributed by atoms with Gasteiger partial charge in [0, 0.05) is 24.3 Å². The number of carbonyl (C=O) groups is 1. The van der Waals surface area contributed by atoms with Gasteiger partial charge in [-0.15, -0.1) is 0 Å². The Hall–Kier alpha value is -1.31. The maximum absolute atomic E-state index is 10.8. The second kappa shape index (κ2) is 7.20. The van der Waals surface area contributed by atoms with Crippen LogP contribution in [0.5, 0.6) is 0 Å². The number of nitrogens with zero attached hydrogens (tertiary/aromatic N) is 1. The van der Waals surface area contributed by atoms with E-state index in [0.717, 1.165) is 30.9 Å². The highest BCUT2D eigenvalue weighted by atomic mass is 16.1. The molecule has 0 spiro atoms. The molecular weight excluding hydrogens is 222 g/mol. The standard InChI is InChI=1S/C16H25NO/c1-5-14(6-2)11-17(7-3)16-9-8-15(12-18)10-13(16)4/h8-10,12,14H,5-7,11H2,1-4H3. The third kappa shape index (κ3) is 3.59. The van der Waals surface area contributed by atoms with E-state index in [-0.39, 0.29) is 0 Å². The van der Waals surface area contributed by atoms with Gasteiger partial charge >= 0.3 is 0 Å². The molecule has 0 radical (unpaired) electrons. The van der Waals surface area contributed by atoms with Crippen LogP contribution in [0.4, 0.5) is 5.69 Å². The molecule has 100 valence electrons. The third-order valence-corrected chi connectivity index (χ3v) is 3.71. The Bertz CT molecular complexity index is 383. The molecule has 0 saturated heterocycles. The lowest BCUT2D eigenvalue weighted by Gasteiger charge is -2.29. The number of benzene rings is 1. The Morgan fingerprint density at radius 3 is 2.33 bits per heavy atom. The number of carbonyl (C=O) groups excluding carboxylic acids is 1. The van der Waals surface area contributed by atoms with E-state index in [1.807, 2.05) is 12.1 Å². The largest absolute Gasteiger partial charge is 0.371 e. The molecule has 2 heteroatoms. The van der Waals surface area contributed by atoms with E-state index in [4.69, 9.17) is 0 Å². The zero-order chi connectivity index (χ0) is 13.5. The van der Waals surface area contributed by atoms with Gasteiger partial charge in [0.15, 0.2) is 0 Å². The zero-order valence-corrected chi connectivity index (χ0v) is 12.1. The minimum absolute atomic E-state index is 0.745. The lowest BCUT2D eigenvalue weighted by molar-refractivity contribution is 0.112. The second-order valence-corrected chi connectivity index (χ2v) is 4.88. The molecule has 18 heavy (non-hydrogen) atoms. The van der Waals surface area contributed by atoms with Gasteiger partial charge in [0.05, 0.1) is 0 Å². The number of anilines is 1. The summed E-state index contributed by atoms with van der Waals surface area (Å²) in [6, 6.07) is 5.95. The van der Waals surface area contributed by atoms with E-state index in [1.54, 1.807) is 0 Å². The van der Waals surface area contributed by atoms with Crippen LogP contribution in [0, 0.1) is 12.8 Å². The molecular formula is C16H25NO. The first-order valence-electron chi connectivity index (χ1n) is 6.96. The molecule has 0 aromatic heterocycles. The predicted octanol–water partition coefficient (Wildman–Crippen LogP) is 4.07. The van der Waals surface area contributed by atoms with Crippen LogP contribution in [0.1, 0.15) is 49.5 Å². The van der Waals surface area contributed by atoms with E-state index < -0.39 is 0 Å². The van der Waals surface area contributed by atoms with Gasteiger partial charge in [0.1, 0.15) is 6.29 Å². The van der Waals surface area contributed by atoms with Crippen LogP contribution in [-0.4, -0.2) is 19.4 Å². The van der Waals surface area contributed by atoms with Crippen LogP contribution in [0.3, 0.4) is 0 Å². The summed E-state index contributed by atoms with van der Waals surface area (Å²) in [6.45, 7) is 10.9. The van der Waals surface area contributed by atoms with Gasteiger partial charge in [-0.1, -0.05) is 26.7 Å². The number of hydrogen-bond acceptors (Lipinski definition) is 2. The molecule has 1 aromatic rings. The summed E-state index contributed by atoms with van der Waals surface area (Å²) in [4.78, 5) is 13.2. The molecule has 1 rings (SSSR count). The first kappa shape index (κ1) is 14.7. The van der Waals surface area contributed by atoms with Crippen molar-refractivity contribution >= 4 is 12.0 Å². The maximum Gasteiger partial charge on any atom is 0.150 e. The van der Waals surface area contributed by atoms with Crippen molar-refractivity contribution in [3.05, 3.63) is 29.3 Å². The van der Waals surface area contributed by atoms with Crippen molar-refractivity contribution in [2.45, 2.75) is 40.5 Å². The van der Waals surface area contributed by atoms with Crippen molar-refractivity contribution in [1.29, 1.82) is 0 Å². The summed E-state index contributed by atoms with van der Waals surface area (Å²) >= 11 is 0. The fourth-order valence-electron chi connectivity index (χ4n) is 2.36. The Kier molecular flexibility index (Phi) is 5.90. The van der Waals surface area contributed by atoms with Crippen LogP contribution in [0.25, 0.3) is 0 Å². The lowest BCUT2D eigenvalue weighted by atomic mass is 10.0. The van der Waals surface area contributed by atoms with Crippen molar-refractivity contribution in [2.75, 3.05) is 18.0 Å². The Balaban J connectivity index is 2.91. The fraction of sp³-hybridized carbons (Fsp3) is 0.562. The highest BCUT2D eigenvalue weighted by molar-refractivity contribution is 5.76. The Labute approximate surface area is 111 Å². The van der Waals surface area contributed by atoms with Gasteiger partial charge in [0.25, 0.3) is 0 Å². The van der Waals surface area contributed by atoms with Gasteiger partial charge < -0.3 is 4.90 Å². The van der Waals surface area contributed by atoms with Crippen molar-refractivity contribution in [2.24, 2.45) is 5.92 Å². The SMILES string of the molecule is CCC(CC)CN(CC)c1ccc(C=O)cc1C. The monoisotopic (exact) mass is 247 g/mol. The first-order chi connectivity index (χ1) is 8.65. The van der Waals surface area contributed by atoms with Crippen molar-refractivity contribution in [1.82, 2.24) is 0 Å². The molecule has 0 aliphatic heterocycles. The van der Waals surface area contributed by atoms with E-state index >= 15 is 0 Å². The molecule has 0 unspecified atom stereocenters. The number of rotatable bonds is 7. The van der Waals surface area contributed by atoms with Gasteiger partial charge in [-0.25, -0.2) is 0 Å². The van der Waals surface area contributed by atoms with Crippen molar-refractivity contribution in [3.8, 4) is 0 Å². The molecule has 2 nitrogen and oxygen atoms in total. The topological polar surface area (TPSA) is 20.3 Å². The minimum atomic E-state index is 0.745. The quantitative estimate of drug-likeness (QED) is 0.677. The average Bonchev–Trinajstić information content (AvgIpc) is 2.41. The molecule has 0 amide bonds. The second-order valence-electron chi connectivity index (χ2n) is 4.88. The number of aldehydes is 1. The van der Waals surface area contributed by atoms with Gasteiger partial charge in [-0.2, -0.15) is 0 Å². The van der Waals surface area contributed by atoms with Crippen LogP contribution in [0.15, 0.2) is 18.2 Å². The molecule has 0 fully saturated rings. The maximum atomic E-state index is 10.8. The summed E-state index contributed by atoms with van der Waals surface area (Å²) in [6.07, 6.45) is 3.35. The van der Waals surface area contributed by atoms with E-state index in [2.05, 4.69) is 38.7 Å². The summed E-state index contributed by atoms with van der Waals surface area (Å²) < 4.78 is 0. The summed E-state index contributed by atoms with van der Waals surface area (Å²) in [5.41, 5.74) is 3.21. The van der Waals surface area contributed by atoms with Crippen LogP contribution in [-0.2, 0) is 0 Å². The predicted molar refractivity (Wildman–Crippen MR) is 78.5 cm³/mol. The van der Waals surface area contributed by atoms with E-state index in [1.165, 1.54) is 24.1 Å². The highest BCUT2D eigenvalue weighted by Gasteiger charge is 2.12. The Morgan fingerprint density at radius 1 is 1.22 bits per heavy atom. The molecule has 0 atom stereocenters. The lowest BCUT2D eigenvalue weighted by Crippen LogP contribution is -2.29. The summed E-state index contributed by atoms with van der Waals surface area (Å²) in [5, 5.41) is 0. The van der Waals surface area contributed by atoms with Gasteiger partial charge in [-0.05, 0) is 43.5 Å². The normalized spacial score (nSPS) is 10.7. The number of hydrogen-bond donors (Lipinski definition) is 0. The van der Waals surface area contributed by atoms with E-state index in [0.29, 0.717) is 0 Å². The fourth-order valence-corrected chi connectivity index (χ4v) is 2.36. The van der Waals surface area contributed by atoms with Crippen molar-refractivity contribution in [3.63, 3.8) is 0 Å². The first-order valence-corrected chi connectivity index (χ1v) is 6.96. The highest BCUT2D eigenvalue weighted by Crippen LogP contribution is 2.23. The van der Waals surface area contributed by atoms with Crippen LogP contribution < -0.4 is 4.90 Å². The number of aryl methyl sites for hydroxylation is 1. The molecule has 0 N–H and O–H groups in total. The van der Waals surface area contributed by atoms with Crippen molar-refractivity contribution < 1.29 is 4.79 Å². The molecule has 0 saturated carbocycles. The van der Waals surface area contributed by atoms with E-state index in [9.17, 15) is 4.79 Å². The molecule has 0 aliphatic carbocycles. The van der Waals surface area contributed by atoms with Gasteiger partial charge in [-0.3, -0.25) is 4.79 Å². The van der Waals surface area contributed by atoms with Crippen LogP contribution in [0.2, 0.25) is 0 Å². The minimum Gasteiger partial charge on any atom is -0.371 e. The summed E-state index contributed by atoms with van der Waals surface area (Å²) in [5.74, 6) is 0.745. The molecule has 0 heterocycles. The molecule has 0 bridgehead atoms. The third-order valence-electron chi connectivity index (χ3n) is 3.71. The van der Waals surface area contributed by atoms with Gasteiger partial charge in [0.2, 0.25) is 0 Å².